The quantitative estimate of drug-likeness (QED) is 0.885. The smallest absolute Gasteiger partial charge is 0.257 e. The third-order valence-electron chi connectivity index (χ3n) is 3.84. The van der Waals surface area contributed by atoms with Gasteiger partial charge in [0.1, 0.15) is 11.9 Å². The zero-order valence-corrected chi connectivity index (χ0v) is 13.3. The Morgan fingerprint density at radius 1 is 1.30 bits per heavy atom. The van der Waals surface area contributed by atoms with Crippen LogP contribution in [0.4, 0.5) is 10.1 Å². The molecule has 0 bridgehead atoms. The van der Waals surface area contributed by atoms with E-state index in [1.165, 1.54) is 19.1 Å². The molecule has 0 unspecified atom stereocenters. The van der Waals surface area contributed by atoms with Crippen LogP contribution in [0.5, 0.6) is 0 Å². The number of nitrogens with one attached hydrogen (secondary N) is 1. The number of aromatic nitrogens is 1. The van der Waals surface area contributed by atoms with Crippen molar-refractivity contribution < 1.29 is 14.0 Å². The fourth-order valence-electron chi connectivity index (χ4n) is 2.69. The molecule has 1 N–H and O–H groups in total. The summed E-state index contributed by atoms with van der Waals surface area (Å²) in [5, 5.41) is 11.5. The van der Waals surface area contributed by atoms with Gasteiger partial charge in [-0.2, -0.15) is 5.26 Å². The van der Waals surface area contributed by atoms with E-state index in [1.807, 2.05) is 0 Å². The van der Waals surface area contributed by atoms with Gasteiger partial charge >= 0.3 is 0 Å². The van der Waals surface area contributed by atoms with Gasteiger partial charge in [-0.3, -0.25) is 9.59 Å². The van der Waals surface area contributed by atoms with E-state index in [0.29, 0.717) is 28.2 Å². The molecular formula is C17H16FN3O2. The van der Waals surface area contributed by atoms with Gasteiger partial charge in [0, 0.05) is 25.4 Å². The lowest BCUT2D eigenvalue weighted by Gasteiger charge is -2.07. The van der Waals surface area contributed by atoms with E-state index in [1.54, 1.807) is 31.5 Å². The van der Waals surface area contributed by atoms with Crippen molar-refractivity contribution >= 4 is 17.4 Å². The number of nitriles is 1. The van der Waals surface area contributed by atoms with Crippen LogP contribution in [0.15, 0.2) is 18.2 Å². The zero-order valence-electron chi connectivity index (χ0n) is 13.3. The van der Waals surface area contributed by atoms with Crippen LogP contribution in [0.25, 0.3) is 0 Å². The first-order valence-electron chi connectivity index (χ1n) is 6.95. The molecule has 0 saturated heterocycles. The number of benzene rings is 1. The summed E-state index contributed by atoms with van der Waals surface area (Å²) in [6.45, 7) is 4.91. The first-order valence-corrected chi connectivity index (χ1v) is 6.95. The Bertz CT molecular complexity index is 860. The van der Waals surface area contributed by atoms with Crippen molar-refractivity contribution in [1.82, 2.24) is 4.57 Å². The summed E-state index contributed by atoms with van der Waals surface area (Å²) in [5.41, 5.74) is 2.31. The molecule has 0 spiro atoms. The average Bonchev–Trinajstić information content (AvgIpc) is 2.71. The first-order chi connectivity index (χ1) is 10.8. The third-order valence-corrected chi connectivity index (χ3v) is 3.84. The number of hydrogen-bond donors (Lipinski definition) is 1. The van der Waals surface area contributed by atoms with Crippen LogP contribution in [0.2, 0.25) is 0 Å². The molecule has 1 amide bonds. The molecule has 0 aliphatic carbocycles. The molecular weight excluding hydrogens is 297 g/mol. The van der Waals surface area contributed by atoms with Crippen LogP contribution in [0.3, 0.4) is 0 Å². The number of carbonyl (C=O) groups is 2. The minimum atomic E-state index is -0.642. The first kappa shape index (κ1) is 16.4. The molecule has 0 aliphatic heterocycles. The number of hydrogen-bond acceptors (Lipinski definition) is 3. The summed E-state index contributed by atoms with van der Waals surface area (Å²) in [4.78, 5) is 24.2. The topological polar surface area (TPSA) is 74.9 Å². The number of anilines is 1. The average molecular weight is 313 g/mol. The lowest BCUT2D eigenvalue weighted by Crippen LogP contribution is -2.14. The van der Waals surface area contributed by atoms with Crippen molar-refractivity contribution in [2.75, 3.05) is 5.32 Å². The Morgan fingerprint density at radius 3 is 2.48 bits per heavy atom. The Morgan fingerprint density at radius 2 is 1.96 bits per heavy atom. The van der Waals surface area contributed by atoms with E-state index in [4.69, 9.17) is 5.26 Å². The van der Waals surface area contributed by atoms with Gasteiger partial charge in [-0.25, -0.2) is 4.39 Å². The highest BCUT2D eigenvalue weighted by Gasteiger charge is 2.23. The minimum absolute atomic E-state index is 0.124. The molecule has 0 atom stereocenters. The molecule has 5 nitrogen and oxygen atoms in total. The van der Waals surface area contributed by atoms with E-state index >= 15 is 0 Å². The predicted molar refractivity (Wildman–Crippen MR) is 84.0 cm³/mol. The van der Waals surface area contributed by atoms with Gasteiger partial charge in [0.15, 0.2) is 5.78 Å². The molecule has 1 aromatic heterocycles. The SMILES string of the molecule is CC(=O)c1c(C)c(C(=O)Nc2ccc(F)c(C#N)c2)c(C)n1C. The van der Waals surface area contributed by atoms with Crippen molar-refractivity contribution in [1.29, 1.82) is 5.26 Å². The molecule has 0 saturated carbocycles. The number of halogens is 1. The second kappa shape index (κ2) is 6.05. The second-order valence-electron chi connectivity index (χ2n) is 5.31. The largest absolute Gasteiger partial charge is 0.345 e. The van der Waals surface area contributed by atoms with Crippen molar-refractivity contribution in [2.24, 2.45) is 7.05 Å². The Kier molecular flexibility index (Phi) is 4.32. The van der Waals surface area contributed by atoms with E-state index in [9.17, 15) is 14.0 Å². The van der Waals surface area contributed by atoms with Gasteiger partial charge in [0.05, 0.1) is 16.8 Å². The normalized spacial score (nSPS) is 10.3. The number of Topliss-reactive ketones (excluding diaryl/α,β-unsaturated/α-hetero) is 1. The van der Waals surface area contributed by atoms with E-state index in [2.05, 4.69) is 5.32 Å². The summed E-state index contributed by atoms with van der Waals surface area (Å²) in [5.74, 6) is -1.17. The maximum absolute atomic E-state index is 13.3. The summed E-state index contributed by atoms with van der Waals surface area (Å²) in [6, 6.07) is 5.50. The summed E-state index contributed by atoms with van der Waals surface area (Å²) >= 11 is 0. The molecule has 0 fully saturated rings. The highest BCUT2D eigenvalue weighted by atomic mass is 19.1. The van der Waals surface area contributed by atoms with Crippen molar-refractivity contribution in [3.63, 3.8) is 0 Å². The molecule has 1 heterocycles. The number of amides is 1. The van der Waals surface area contributed by atoms with Crippen LogP contribution in [0, 0.1) is 31.0 Å². The fraction of sp³-hybridized carbons (Fsp3) is 0.235. The summed E-state index contributed by atoms with van der Waals surface area (Å²) in [7, 11) is 1.72. The molecule has 0 radical (unpaired) electrons. The van der Waals surface area contributed by atoms with E-state index in [0.717, 1.165) is 6.07 Å². The summed E-state index contributed by atoms with van der Waals surface area (Å²) in [6.07, 6.45) is 0. The third kappa shape index (κ3) is 2.86. The Hall–Kier alpha value is -2.94. The van der Waals surface area contributed by atoms with Crippen LogP contribution >= 0.6 is 0 Å². The standard InChI is InChI=1S/C17H16FN3O2/c1-9-15(10(2)21(4)16(9)11(3)22)17(23)20-13-5-6-14(18)12(7-13)8-19/h5-7H,1-4H3,(H,20,23). The number of rotatable bonds is 3. The van der Waals surface area contributed by atoms with E-state index in [-0.39, 0.29) is 11.3 Å². The minimum Gasteiger partial charge on any atom is -0.345 e. The maximum atomic E-state index is 13.3. The van der Waals surface area contributed by atoms with Crippen molar-refractivity contribution in [3.05, 3.63) is 52.1 Å². The molecule has 0 aliphatic rings. The van der Waals surface area contributed by atoms with Crippen LogP contribution < -0.4 is 5.32 Å². The number of carbonyl (C=O) groups excluding carboxylic acids is 2. The van der Waals surface area contributed by atoms with Gasteiger partial charge in [0.25, 0.3) is 5.91 Å². The highest BCUT2D eigenvalue weighted by Crippen LogP contribution is 2.23. The number of nitrogens with zero attached hydrogens (tertiary/aromatic N) is 2. The van der Waals surface area contributed by atoms with Crippen molar-refractivity contribution in [2.45, 2.75) is 20.8 Å². The van der Waals surface area contributed by atoms with Gasteiger partial charge < -0.3 is 9.88 Å². The van der Waals surface area contributed by atoms with Crippen LogP contribution in [0.1, 0.15) is 44.6 Å². The highest BCUT2D eigenvalue weighted by molar-refractivity contribution is 6.09. The zero-order chi connectivity index (χ0) is 17.3. The lowest BCUT2D eigenvalue weighted by atomic mass is 10.1. The molecule has 2 rings (SSSR count). The van der Waals surface area contributed by atoms with Crippen LogP contribution in [-0.2, 0) is 7.05 Å². The van der Waals surface area contributed by atoms with Crippen LogP contribution in [-0.4, -0.2) is 16.3 Å². The lowest BCUT2D eigenvalue weighted by molar-refractivity contribution is 0.100. The summed E-state index contributed by atoms with van der Waals surface area (Å²) < 4.78 is 15.0. The van der Waals surface area contributed by atoms with Gasteiger partial charge in [-0.05, 0) is 37.6 Å². The Labute approximate surface area is 133 Å². The Balaban J connectivity index is 2.41. The van der Waals surface area contributed by atoms with Gasteiger partial charge in [-0.15, -0.1) is 0 Å². The maximum Gasteiger partial charge on any atom is 0.257 e. The van der Waals surface area contributed by atoms with Gasteiger partial charge in [0.2, 0.25) is 0 Å². The molecule has 6 heteroatoms. The fourth-order valence-corrected chi connectivity index (χ4v) is 2.69. The molecule has 1 aromatic carbocycles. The van der Waals surface area contributed by atoms with Gasteiger partial charge in [-0.1, -0.05) is 0 Å². The number of ketones is 1. The second-order valence-corrected chi connectivity index (χ2v) is 5.31. The van der Waals surface area contributed by atoms with E-state index < -0.39 is 11.7 Å². The molecule has 2 aromatic rings. The predicted octanol–water partition coefficient (Wildman–Crippen LogP) is 3.11. The van der Waals surface area contributed by atoms with Crippen molar-refractivity contribution in [3.8, 4) is 6.07 Å². The molecule has 118 valence electrons. The molecule has 23 heavy (non-hydrogen) atoms. The monoisotopic (exact) mass is 313 g/mol.